The van der Waals surface area contributed by atoms with Crippen LogP contribution in [0.25, 0.3) is 0 Å². The minimum atomic E-state index is -0.165. The molecule has 1 fully saturated rings. The lowest BCUT2D eigenvalue weighted by Gasteiger charge is -2.25. The molecule has 74 valence electrons. The van der Waals surface area contributed by atoms with Gasteiger partial charge in [-0.15, -0.1) is 0 Å². The molecule has 0 amide bonds. The fourth-order valence-corrected chi connectivity index (χ4v) is 3.19. The summed E-state index contributed by atoms with van der Waals surface area (Å²) in [6.07, 6.45) is 4.42. The van der Waals surface area contributed by atoms with Gasteiger partial charge in [-0.3, -0.25) is 4.79 Å². The van der Waals surface area contributed by atoms with Gasteiger partial charge in [-0.05, 0) is 18.4 Å². The van der Waals surface area contributed by atoms with E-state index in [1.54, 1.807) is 0 Å². The van der Waals surface area contributed by atoms with Crippen LogP contribution in [0, 0.1) is 0 Å². The molecule has 0 heterocycles. The Balaban J connectivity index is 2.42. The van der Waals surface area contributed by atoms with E-state index < -0.39 is 0 Å². The molecule has 0 radical (unpaired) electrons. The van der Waals surface area contributed by atoms with Crippen LogP contribution in [-0.2, 0) is 10.2 Å². The molecule has 1 saturated carbocycles. The molecule has 0 saturated heterocycles. The van der Waals surface area contributed by atoms with Gasteiger partial charge in [-0.2, -0.15) is 0 Å². The highest BCUT2D eigenvalue weighted by Gasteiger charge is 2.40. The van der Waals surface area contributed by atoms with Gasteiger partial charge in [0.2, 0.25) is 3.79 Å². The first kappa shape index (κ1) is 10.1. The summed E-state index contributed by atoms with van der Waals surface area (Å²) in [7, 11) is 0. The Bertz CT molecular complexity index is 325. The Hall–Kier alpha value is -0.380. The molecule has 0 N–H and O–H groups in total. The molecule has 1 nitrogen and oxygen atoms in total. The highest BCUT2D eigenvalue weighted by molar-refractivity contribution is 14.1. The van der Waals surface area contributed by atoms with Gasteiger partial charge in [0, 0.05) is 22.6 Å². The SMILES string of the molecule is O=C(I)C1(c2ccccc2)CCCC1. The van der Waals surface area contributed by atoms with Crippen molar-refractivity contribution in [2.45, 2.75) is 31.1 Å². The molecule has 0 atom stereocenters. The normalized spacial score (nSPS) is 19.5. The second kappa shape index (κ2) is 4.01. The molecule has 1 aliphatic rings. The van der Waals surface area contributed by atoms with E-state index in [-0.39, 0.29) is 5.41 Å². The average Bonchev–Trinajstić information content (AvgIpc) is 2.69. The van der Waals surface area contributed by atoms with Crippen LogP contribution in [0.1, 0.15) is 31.2 Å². The van der Waals surface area contributed by atoms with Gasteiger partial charge < -0.3 is 0 Å². The Morgan fingerprint density at radius 2 is 1.71 bits per heavy atom. The molecule has 0 spiro atoms. The summed E-state index contributed by atoms with van der Waals surface area (Å²) in [5.41, 5.74) is 1.04. The Labute approximate surface area is 98.0 Å². The third kappa shape index (κ3) is 1.60. The van der Waals surface area contributed by atoms with Crippen LogP contribution in [0.5, 0.6) is 0 Å². The molecule has 14 heavy (non-hydrogen) atoms. The summed E-state index contributed by atoms with van der Waals surface area (Å²) in [5.74, 6) is 0. The quantitative estimate of drug-likeness (QED) is 0.604. The number of hydrogen-bond acceptors (Lipinski definition) is 1. The van der Waals surface area contributed by atoms with Crippen molar-refractivity contribution < 1.29 is 4.79 Å². The first-order valence-electron chi connectivity index (χ1n) is 5.01. The lowest BCUT2D eigenvalue weighted by molar-refractivity contribution is -0.114. The van der Waals surface area contributed by atoms with Gasteiger partial charge >= 0.3 is 0 Å². The van der Waals surface area contributed by atoms with Crippen molar-refractivity contribution in [3.05, 3.63) is 35.9 Å². The minimum absolute atomic E-state index is 0.165. The molecule has 1 aliphatic carbocycles. The number of hydrogen-bond donors (Lipinski definition) is 0. The molecule has 0 aliphatic heterocycles. The predicted molar refractivity (Wildman–Crippen MR) is 65.6 cm³/mol. The number of rotatable bonds is 2. The second-order valence-electron chi connectivity index (χ2n) is 3.93. The van der Waals surface area contributed by atoms with Crippen LogP contribution in [0.3, 0.4) is 0 Å². The van der Waals surface area contributed by atoms with E-state index in [0.29, 0.717) is 3.79 Å². The summed E-state index contributed by atoms with van der Waals surface area (Å²) in [4.78, 5) is 11.8. The molecule has 0 bridgehead atoms. The lowest BCUT2D eigenvalue weighted by Crippen LogP contribution is -2.28. The smallest absolute Gasteiger partial charge is 0.202 e. The maximum Gasteiger partial charge on any atom is 0.202 e. The van der Waals surface area contributed by atoms with Crippen molar-refractivity contribution in [2.75, 3.05) is 0 Å². The predicted octanol–water partition coefficient (Wildman–Crippen LogP) is 3.46. The van der Waals surface area contributed by atoms with Crippen LogP contribution in [0.4, 0.5) is 0 Å². The van der Waals surface area contributed by atoms with Crippen molar-refractivity contribution in [1.82, 2.24) is 0 Å². The topological polar surface area (TPSA) is 17.1 Å². The lowest BCUT2D eigenvalue weighted by atomic mass is 9.80. The number of carbonyl (C=O) groups is 1. The van der Waals surface area contributed by atoms with E-state index in [4.69, 9.17) is 0 Å². The standard InChI is InChI=1S/C12H13IO/c13-11(14)12(8-4-5-9-12)10-6-2-1-3-7-10/h1-3,6-7H,4-5,8-9H2. The van der Waals surface area contributed by atoms with Crippen molar-refractivity contribution in [1.29, 1.82) is 0 Å². The Morgan fingerprint density at radius 3 is 2.21 bits per heavy atom. The van der Waals surface area contributed by atoms with Crippen molar-refractivity contribution in [3.8, 4) is 0 Å². The Morgan fingerprint density at radius 1 is 1.14 bits per heavy atom. The van der Waals surface area contributed by atoms with Crippen molar-refractivity contribution >= 4 is 26.4 Å². The zero-order valence-electron chi connectivity index (χ0n) is 8.00. The number of benzene rings is 1. The van der Waals surface area contributed by atoms with E-state index in [1.165, 1.54) is 18.4 Å². The van der Waals surface area contributed by atoms with E-state index in [9.17, 15) is 4.79 Å². The molecule has 1 aromatic rings. The zero-order chi connectivity index (χ0) is 10.0. The van der Waals surface area contributed by atoms with E-state index in [0.717, 1.165) is 12.8 Å². The summed E-state index contributed by atoms with van der Waals surface area (Å²) in [6, 6.07) is 10.2. The van der Waals surface area contributed by atoms with E-state index in [1.807, 2.05) is 40.8 Å². The highest BCUT2D eigenvalue weighted by Crippen LogP contribution is 2.43. The maximum atomic E-state index is 11.8. The molecule has 2 rings (SSSR count). The van der Waals surface area contributed by atoms with Crippen LogP contribution in [0.15, 0.2) is 30.3 Å². The summed E-state index contributed by atoms with van der Waals surface area (Å²) >= 11 is 1.96. The van der Waals surface area contributed by atoms with Gasteiger partial charge in [0.05, 0.1) is 5.41 Å². The Kier molecular flexibility index (Phi) is 2.91. The molecule has 1 aromatic carbocycles. The molecule has 0 aromatic heterocycles. The van der Waals surface area contributed by atoms with Gasteiger partial charge in [0.1, 0.15) is 0 Å². The minimum Gasteiger partial charge on any atom is -0.287 e. The largest absolute Gasteiger partial charge is 0.287 e. The van der Waals surface area contributed by atoms with Crippen LogP contribution in [0.2, 0.25) is 0 Å². The fourth-order valence-electron chi connectivity index (χ4n) is 2.33. The first-order valence-corrected chi connectivity index (χ1v) is 6.09. The third-order valence-corrected chi connectivity index (χ3v) is 4.19. The number of carbonyl (C=O) groups excluding carboxylic acids is 1. The van der Waals surface area contributed by atoms with E-state index in [2.05, 4.69) is 12.1 Å². The summed E-state index contributed by atoms with van der Waals surface area (Å²) in [5, 5.41) is 0. The molecule has 0 unspecified atom stereocenters. The first-order chi connectivity index (χ1) is 6.76. The van der Waals surface area contributed by atoms with Crippen LogP contribution >= 0.6 is 22.6 Å². The van der Waals surface area contributed by atoms with Crippen molar-refractivity contribution in [2.24, 2.45) is 0 Å². The highest BCUT2D eigenvalue weighted by atomic mass is 127. The molecular weight excluding hydrogens is 287 g/mol. The van der Waals surface area contributed by atoms with Gasteiger partial charge in [-0.25, -0.2) is 0 Å². The third-order valence-electron chi connectivity index (χ3n) is 3.16. The van der Waals surface area contributed by atoms with Gasteiger partial charge in [-0.1, -0.05) is 43.2 Å². The monoisotopic (exact) mass is 300 g/mol. The maximum absolute atomic E-state index is 11.8. The van der Waals surface area contributed by atoms with Crippen molar-refractivity contribution in [3.63, 3.8) is 0 Å². The van der Waals surface area contributed by atoms with Crippen LogP contribution in [-0.4, -0.2) is 3.79 Å². The average molecular weight is 300 g/mol. The zero-order valence-corrected chi connectivity index (χ0v) is 10.2. The number of halogens is 1. The fraction of sp³-hybridized carbons (Fsp3) is 0.417. The molecule has 2 heteroatoms. The van der Waals surface area contributed by atoms with Crippen LogP contribution < -0.4 is 0 Å². The van der Waals surface area contributed by atoms with Gasteiger partial charge in [0.15, 0.2) is 0 Å². The van der Waals surface area contributed by atoms with Gasteiger partial charge in [0.25, 0.3) is 0 Å². The molecular formula is C12H13IO. The summed E-state index contributed by atoms with van der Waals surface area (Å²) < 4.78 is 0.304. The summed E-state index contributed by atoms with van der Waals surface area (Å²) in [6.45, 7) is 0. The van der Waals surface area contributed by atoms with E-state index >= 15 is 0 Å². The second-order valence-corrected chi connectivity index (χ2v) is 4.91.